The van der Waals surface area contributed by atoms with E-state index in [1.54, 1.807) is 0 Å². The molecule has 0 fully saturated rings. The number of nitrogens with one attached hydrogen (secondary N) is 2. The minimum absolute atomic E-state index is 0.247. The number of nitrogen functional groups attached to an aromatic ring is 2. The molecule has 0 radical (unpaired) electrons. The van der Waals surface area contributed by atoms with Crippen molar-refractivity contribution in [3.05, 3.63) is 161 Å². The lowest BCUT2D eigenvalue weighted by Gasteiger charge is -2.32. The second-order valence-electron chi connectivity index (χ2n) is 11.9. The topological polar surface area (TPSA) is 128 Å². The number of hydrogen-bond donors (Lipinski definition) is 6. The van der Waals surface area contributed by atoms with Crippen LogP contribution in [0.1, 0.15) is 36.0 Å². The molecule has 0 bridgehead atoms. The van der Waals surface area contributed by atoms with Gasteiger partial charge in [-0.25, -0.2) is 0 Å². The monoisotopic (exact) mass is 580 g/mol. The summed E-state index contributed by atoms with van der Waals surface area (Å²) in [4.78, 5) is 0. The molecule has 2 aliphatic rings. The number of rotatable bonds is 9. The Morgan fingerprint density at radius 1 is 0.659 bits per heavy atom. The van der Waals surface area contributed by atoms with E-state index in [2.05, 4.69) is 77.4 Å². The summed E-state index contributed by atoms with van der Waals surface area (Å²) in [6.45, 7) is 0. The van der Waals surface area contributed by atoms with Gasteiger partial charge in [-0.15, -0.1) is 0 Å². The van der Waals surface area contributed by atoms with Crippen LogP contribution < -0.4 is 33.6 Å². The van der Waals surface area contributed by atoms with E-state index < -0.39 is 5.54 Å². The Labute approximate surface area is 259 Å². The van der Waals surface area contributed by atoms with Crippen LogP contribution in [-0.4, -0.2) is 6.04 Å². The number of hydrogen-bond acceptors (Lipinski definition) is 6. The normalized spacial score (nSPS) is 19.5. The zero-order chi connectivity index (χ0) is 30.5. The van der Waals surface area contributed by atoms with Crippen LogP contribution in [0.25, 0.3) is 0 Å². The fourth-order valence-electron chi connectivity index (χ4n) is 5.78. The smallest absolute Gasteiger partial charge is 0.0637 e. The molecule has 0 saturated heterocycles. The van der Waals surface area contributed by atoms with Crippen LogP contribution in [0.4, 0.5) is 28.4 Å². The van der Waals surface area contributed by atoms with Gasteiger partial charge in [-0.1, -0.05) is 60.7 Å². The summed E-state index contributed by atoms with van der Waals surface area (Å²) in [7, 11) is 0. The van der Waals surface area contributed by atoms with Gasteiger partial charge in [-0.3, -0.25) is 0 Å². The maximum Gasteiger partial charge on any atom is 0.0637 e. The molecular weight excluding hydrogens is 540 g/mol. The summed E-state index contributed by atoms with van der Waals surface area (Å²) in [5, 5.41) is 6.96. The molecule has 0 spiro atoms. The zero-order valence-electron chi connectivity index (χ0n) is 24.8. The first kappa shape index (κ1) is 28.9. The molecule has 10 N–H and O–H groups in total. The van der Waals surface area contributed by atoms with Crippen molar-refractivity contribution in [3.8, 4) is 0 Å². The van der Waals surface area contributed by atoms with E-state index in [1.807, 2.05) is 60.7 Å². The van der Waals surface area contributed by atoms with Gasteiger partial charge in [0.2, 0.25) is 0 Å². The van der Waals surface area contributed by atoms with E-state index in [0.717, 1.165) is 59.0 Å². The molecule has 2 atom stereocenters. The lowest BCUT2D eigenvalue weighted by molar-refractivity contribution is 0.537. The molecule has 6 heteroatoms. The highest BCUT2D eigenvalue weighted by molar-refractivity contribution is 5.62. The van der Waals surface area contributed by atoms with Crippen molar-refractivity contribution < 1.29 is 0 Å². The van der Waals surface area contributed by atoms with Gasteiger partial charge in [0, 0.05) is 40.2 Å². The van der Waals surface area contributed by atoms with E-state index in [1.165, 1.54) is 22.3 Å². The maximum absolute atomic E-state index is 7.00. The predicted octanol–water partition coefficient (Wildman–Crippen LogP) is 7.27. The number of benzene rings is 4. The number of anilines is 5. The summed E-state index contributed by atoms with van der Waals surface area (Å²) in [6.07, 6.45) is 14.0. The lowest BCUT2D eigenvalue weighted by atomic mass is 9.78. The Balaban J connectivity index is 1.04. The minimum Gasteiger partial charge on any atom is -0.399 e. The summed E-state index contributed by atoms with van der Waals surface area (Å²) in [6, 6.07) is 33.0. The third-order valence-corrected chi connectivity index (χ3v) is 8.38. The second kappa shape index (κ2) is 12.6. The summed E-state index contributed by atoms with van der Waals surface area (Å²) < 4.78 is 0. The van der Waals surface area contributed by atoms with Gasteiger partial charge in [-0.05, 0) is 120 Å². The molecule has 222 valence electrons. The zero-order valence-corrected chi connectivity index (χ0v) is 24.8. The van der Waals surface area contributed by atoms with Crippen molar-refractivity contribution in [2.45, 2.75) is 37.3 Å². The van der Waals surface area contributed by atoms with Gasteiger partial charge in [0.15, 0.2) is 0 Å². The Morgan fingerprint density at radius 3 is 1.82 bits per heavy atom. The summed E-state index contributed by atoms with van der Waals surface area (Å²) in [5.74, 6) is 0. The molecule has 0 saturated carbocycles. The van der Waals surface area contributed by atoms with Crippen molar-refractivity contribution in [2.75, 3.05) is 22.1 Å². The molecule has 2 aliphatic carbocycles. The lowest BCUT2D eigenvalue weighted by Crippen LogP contribution is -2.37. The average Bonchev–Trinajstić information content (AvgIpc) is 3.03. The van der Waals surface area contributed by atoms with Gasteiger partial charge < -0.3 is 33.6 Å². The first-order chi connectivity index (χ1) is 21.3. The standard InChI is InChI=1S/C38H40N6/c39-31-9-17-35(18-10-31)43-33-13-3-27(4-14-33)23-26-1-7-30(8-2-26)38(42)22-21-37(41)29(25-38)24-28-5-15-34(16-6-28)44-36-19-11-32(40)12-20-36/h1-15,17-22,34,43-44H,16,23-25,39-42H2. The van der Waals surface area contributed by atoms with Crippen LogP contribution in [0.2, 0.25) is 0 Å². The quantitative estimate of drug-likeness (QED) is 0.116. The Kier molecular flexibility index (Phi) is 8.26. The number of nitrogens with two attached hydrogens (primary N) is 4. The van der Waals surface area contributed by atoms with Crippen LogP contribution in [-0.2, 0) is 12.0 Å². The molecule has 6 nitrogen and oxygen atoms in total. The van der Waals surface area contributed by atoms with Crippen LogP contribution in [0.5, 0.6) is 0 Å². The van der Waals surface area contributed by atoms with Gasteiger partial charge in [-0.2, -0.15) is 0 Å². The van der Waals surface area contributed by atoms with Crippen molar-refractivity contribution in [1.82, 2.24) is 0 Å². The van der Waals surface area contributed by atoms with E-state index in [9.17, 15) is 0 Å². The Hall–Kier alpha value is -5.20. The van der Waals surface area contributed by atoms with Crippen molar-refractivity contribution in [1.29, 1.82) is 0 Å². The summed E-state index contributed by atoms with van der Waals surface area (Å²) in [5.41, 5.74) is 35.9. The van der Waals surface area contributed by atoms with Crippen LogP contribution >= 0.6 is 0 Å². The molecule has 0 aliphatic heterocycles. The largest absolute Gasteiger partial charge is 0.399 e. The fraction of sp³-hybridized carbons (Fsp3) is 0.158. The Morgan fingerprint density at radius 2 is 1.23 bits per heavy atom. The third kappa shape index (κ3) is 7.05. The summed E-state index contributed by atoms with van der Waals surface area (Å²) >= 11 is 0. The van der Waals surface area contributed by atoms with Gasteiger partial charge in [0.25, 0.3) is 0 Å². The van der Waals surface area contributed by atoms with Gasteiger partial charge in [0.05, 0.1) is 5.54 Å². The predicted molar refractivity (Wildman–Crippen MR) is 185 cm³/mol. The van der Waals surface area contributed by atoms with E-state index in [0.29, 0.717) is 6.42 Å². The van der Waals surface area contributed by atoms with Gasteiger partial charge >= 0.3 is 0 Å². The molecule has 2 unspecified atom stereocenters. The van der Waals surface area contributed by atoms with Crippen LogP contribution in [0, 0.1) is 0 Å². The SMILES string of the molecule is NC1=C(CC2=CCC(Nc3ccc(N)cc3)C=C2)CC(N)(c2ccc(Cc3ccc(Nc4ccc(N)cc4)cc3)cc2)C=C1. The average molecular weight is 581 g/mol. The molecule has 0 heterocycles. The van der Waals surface area contributed by atoms with Crippen molar-refractivity contribution in [2.24, 2.45) is 11.5 Å². The van der Waals surface area contributed by atoms with E-state index >= 15 is 0 Å². The maximum atomic E-state index is 7.00. The van der Waals surface area contributed by atoms with E-state index in [-0.39, 0.29) is 6.04 Å². The second-order valence-corrected chi connectivity index (χ2v) is 11.9. The molecule has 6 rings (SSSR count). The molecular formula is C38H40N6. The third-order valence-electron chi connectivity index (χ3n) is 8.38. The van der Waals surface area contributed by atoms with Crippen LogP contribution in [0.15, 0.2) is 144 Å². The highest BCUT2D eigenvalue weighted by Gasteiger charge is 2.29. The molecule has 0 aromatic heterocycles. The molecule has 0 amide bonds. The number of allylic oxidation sites excluding steroid dienone is 3. The van der Waals surface area contributed by atoms with Crippen molar-refractivity contribution in [3.63, 3.8) is 0 Å². The molecule has 44 heavy (non-hydrogen) atoms. The minimum atomic E-state index is -0.593. The first-order valence-corrected chi connectivity index (χ1v) is 15.1. The fourth-order valence-corrected chi connectivity index (χ4v) is 5.78. The Bertz CT molecular complexity index is 1710. The van der Waals surface area contributed by atoms with Crippen molar-refractivity contribution >= 4 is 28.4 Å². The highest BCUT2D eigenvalue weighted by Crippen LogP contribution is 2.36. The van der Waals surface area contributed by atoms with E-state index in [4.69, 9.17) is 22.9 Å². The van der Waals surface area contributed by atoms with Gasteiger partial charge in [0.1, 0.15) is 0 Å². The molecule has 4 aromatic rings. The first-order valence-electron chi connectivity index (χ1n) is 15.1. The van der Waals surface area contributed by atoms with Crippen LogP contribution in [0.3, 0.4) is 0 Å². The molecule has 4 aromatic carbocycles. The highest BCUT2D eigenvalue weighted by atomic mass is 14.9.